The van der Waals surface area contributed by atoms with Gasteiger partial charge in [0.1, 0.15) is 0 Å². The third kappa shape index (κ3) is 4.04. The van der Waals surface area contributed by atoms with E-state index >= 15 is 0 Å². The van der Waals surface area contributed by atoms with Crippen molar-refractivity contribution in [2.45, 2.75) is 13.0 Å². The molecule has 96 valence electrons. The zero-order chi connectivity index (χ0) is 12.1. The molecular weight excluding hydrogens is 244 g/mol. The molecule has 0 fully saturated rings. The van der Waals surface area contributed by atoms with Crippen molar-refractivity contribution in [1.29, 1.82) is 0 Å². The molecule has 0 aliphatic rings. The van der Waals surface area contributed by atoms with E-state index in [2.05, 4.69) is 78.4 Å². The first-order valence-corrected chi connectivity index (χ1v) is 5.96. The summed E-state index contributed by atoms with van der Waals surface area (Å²) in [4.78, 5) is 2.11. The van der Waals surface area contributed by atoms with Gasteiger partial charge in [0.25, 0.3) is 0 Å². The van der Waals surface area contributed by atoms with Crippen LogP contribution in [-0.4, -0.2) is 14.1 Å². The Labute approximate surface area is 115 Å². The van der Waals surface area contributed by atoms with E-state index in [-0.39, 0.29) is 12.4 Å². The Morgan fingerprint density at radius 1 is 0.944 bits per heavy atom. The lowest BCUT2D eigenvalue weighted by molar-refractivity contribution is -0.696. The van der Waals surface area contributed by atoms with E-state index < -0.39 is 0 Å². The largest absolute Gasteiger partial charge is 1.00 e. The summed E-state index contributed by atoms with van der Waals surface area (Å²) >= 11 is 0. The number of aryl methyl sites for hydroxylation is 2. The van der Waals surface area contributed by atoms with Gasteiger partial charge in [-0.15, -0.1) is 0 Å². The van der Waals surface area contributed by atoms with E-state index in [0.717, 1.165) is 13.0 Å². The molecule has 0 bridgehead atoms. The Kier molecular flexibility index (Phi) is 5.66. The first-order chi connectivity index (χ1) is 8.25. The van der Waals surface area contributed by atoms with Crippen molar-refractivity contribution in [3.8, 4) is 0 Å². The zero-order valence-corrected chi connectivity index (χ0v) is 11.6. The molecule has 2 aromatic rings. The molecular formula is C15H19ClN2. The summed E-state index contributed by atoms with van der Waals surface area (Å²) < 4.78 is 2.22. The van der Waals surface area contributed by atoms with Crippen LogP contribution in [0, 0.1) is 0 Å². The van der Waals surface area contributed by atoms with Gasteiger partial charge in [0.05, 0.1) is 0 Å². The van der Waals surface area contributed by atoms with Crippen molar-refractivity contribution in [1.82, 2.24) is 0 Å². The number of hydrogen-bond donors (Lipinski definition) is 0. The predicted molar refractivity (Wildman–Crippen MR) is 71.1 cm³/mol. The molecule has 3 heteroatoms. The van der Waals surface area contributed by atoms with Crippen LogP contribution in [-0.2, 0) is 13.0 Å². The highest BCUT2D eigenvalue weighted by atomic mass is 35.5. The molecule has 2 rings (SSSR count). The fourth-order valence-electron chi connectivity index (χ4n) is 1.80. The number of nitrogens with zero attached hydrogens (tertiary/aromatic N) is 2. The molecule has 0 atom stereocenters. The molecule has 1 heterocycles. The van der Waals surface area contributed by atoms with Crippen molar-refractivity contribution in [2.75, 3.05) is 19.0 Å². The molecule has 1 aromatic heterocycles. The van der Waals surface area contributed by atoms with E-state index in [4.69, 9.17) is 0 Å². The summed E-state index contributed by atoms with van der Waals surface area (Å²) in [6.45, 7) is 1.03. The molecule has 18 heavy (non-hydrogen) atoms. The van der Waals surface area contributed by atoms with Crippen LogP contribution in [0.2, 0.25) is 0 Å². The molecule has 0 saturated heterocycles. The fourth-order valence-corrected chi connectivity index (χ4v) is 1.80. The van der Waals surface area contributed by atoms with Gasteiger partial charge in [-0.3, -0.25) is 0 Å². The molecule has 0 aliphatic heterocycles. The van der Waals surface area contributed by atoms with Gasteiger partial charge in [-0.05, 0) is 5.56 Å². The van der Waals surface area contributed by atoms with E-state index in [1.807, 2.05) is 0 Å². The molecule has 0 unspecified atom stereocenters. The van der Waals surface area contributed by atoms with Crippen molar-refractivity contribution in [2.24, 2.45) is 0 Å². The van der Waals surface area contributed by atoms with Gasteiger partial charge in [-0.25, -0.2) is 4.57 Å². The Bertz CT molecular complexity index is 452. The highest BCUT2D eigenvalue weighted by Gasteiger charge is 2.02. The van der Waals surface area contributed by atoms with Crippen LogP contribution in [0.1, 0.15) is 5.56 Å². The summed E-state index contributed by atoms with van der Waals surface area (Å²) in [5.74, 6) is 0. The topological polar surface area (TPSA) is 7.12 Å². The van der Waals surface area contributed by atoms with Crippen LogP contribution in [0.4, 0.5) is 5.69 Å². The van der Waals surface area contributed by atoms with Crippen molar-refractivity contribution in [3.63, 3.8) is 0 Å². The Morgan fingerprint density at radius 2 is 1.56 bits per heavy atom. The molecule has 0 spiro atoms. The van der Waals surface area contributed by atoms with Crippen molar-refractivity contribution >= 4 is 5.69 Å². The minimum Gasteiger partial charge on any atom is -1.00 e. The first-order valence-electron chi connectivity index (χ1n) is 5.96. The summed E-state index contributed by atoms with van der Waals surface area (Å²) in [5.41, 5.74) is 2.62. The quantitative estimate of drug-likeness (QED) is 0.661. The molecule has 0 amide bonds. The van der Waals surface area contributed by atoms with Gasteiger partial charge in [-0.1, -0.05) is 30.3 Å². The lowest BCUT2D eigenvalue weighted by Gasteiger charge is -2.10. The van der Waals surface area contributed by atoms with E-state index in [0.29, 0.717) is 0 Å². The van der Waals surface area contributed by atoms with Crippen LogP contribution in [0.25, 0.3) is 0 Å². The SMILES string of the molecule is CN(C)c1cc[n+](CCc2ccccc2)cc1.[Cl-]. The van der Waals surface area contributed by atoms with E-state index in [1.165, 1.54) is 11.3 Å². The third-order valence-electron chi connectivity index (χ3n) is 2.89. The van der Waals surface area contributed by atoms with Gasteiger partial charge in [0, 0.05) is 38.3 Å². The Hall–Kier alpha value is -1.54. The number of pyridine rings is 1. The highest BCUT2D eigenvalue weighted by molar-refractivity contribution is 5.41. The molecule has 0 aliphatic carbocycles. The summed E-state index contributed by atoms with van der Waals surface area (Å²) in [6.07, 6.45) is 5.35. The second-order valence-corrected chi connectivity index (χ2v) is 4.42. The summed E-state index contributed by atoms with van der Waals surface area (Å²) in [6, 6.07) is 14.9. The number of aromatic nitrogens is 1. The standard InChI is InChI=1S/C15H19N2.ClH/c1-16(2)15-9-12-17(13-10-15)11-8-14-6-4-3-5-7-14;/h3-7,9-10,12-13H,8,11H2,1-2H3;1H/q+1;/p-1. The molecule has 0 radical (unpaired) electrons. The number of benzene rings is 1. The van der Waals surface area contributed by atoms with Gasteiger partial charge in [-0.2, -0.15) is 0 Å². The van der Waals surface area contributed by atoms with Crippen LogP contribution in [0.3, 0.4) is 0 Å². The Morgan fingerprint density at radius 3 is 2.11 bits per heavy atom. The normalized spacial score (nSPS) is 9.67. The number of anilines is 1. The molecule has 0 saturated carbocycles. The Balaban J connectivity index is 0.00000162. The second-order valence-electron chi connectivity index (χ2n) is 4.42. The molecule has 0 N–H and O–H groups in total. The molecule has 1 aromatic carbocycles. The average molecular weight is 263 g/mol. The van der Waals surface area contributed by atoms with Crippen LogP contribution in [0.15, 0.2) is 54.9 Å². The lowest BCUT2D eigenvalue weighted by Crippen LogP contribution is -3.00. The minimum absolute atomic E-state index is 0. The average Bonchev–Trinajstić information content (AvgIpc) is 2.38. The third-order valence-corrected chi connectivity index (χ3v) is 2.89. The predicted octanol–water partition coefficient (Wildman–Crippen LogP) is -0.713. The monoisotopic (exact) mass is 262 g/mol. The van der Waals surface area contributed by atoms with Gasteiger partial charge in [0.2, 0.25) is 0 Å². The van der Waals surface area contributed by atoms with Crippen LogP contribution in [0.5, 0.6) is 0 Å². The van der Waals surface area contributed by atoms with Gasteiger partial charge < -0.3 is 17.3 Å². The lowest BCUT2D eigenvalue weighted by atomic mass is 10.1. The smallest absolute Gasteiger partial charge is 0.170 e. The minimum atomic E-state index is 0. The maximum Gasteiger partial charge on any atom is 0.170 e. The van der Waals surface area contributed by atoms with Crippen LogP contribution < -0.4 is 21.9 Å². The van der Waals surface area contributed by atoms with Crippen molar-refractivity contribution in [3.05, 3.63) is 60.4 Å². The summed E-state index contributed by atoms with van der Waals surface area (Å²) in [7, 11) is 4.12. The zero-order valence-electron chi connectivity index (χ0n) is 10.9. The first kappa shape index (κ1) is 14.5. The maximum absolute atomic E-state index is 2.22. The number of rotatable bonds is 4. The molecule has 2 nitrogen and oxygen atoms in total. The van der Waals surface area contributed by atoms with E-state index in [9.17, 15) is 0 Å². The van der Waals surface area contributed by atoms with Gasteiger partial charge in [0.15, 0.2) is 18.9 Å². The van der Waals surface area contributed by atoms with Crippen LogP contribution >= 0.6 is 0 Å². The van der Waals surface area contributed by atoms with Crippen molar-refractivity contribution < 1.29 is 17.0 Å². The highest BCUT2D eigenvalue weighted by Crippen LogP contribution is 2.06. The number of hydrogen-bond acceptors (Lipinski definition) is 1. The number of halogens is 1. The summed E-state index contributed by atoms with van der Waals surface area (Å²) in [5, 5.41) is 0. The maximum atomic E-state index is 2.22. The second kappa shape index (κ2) is 7.02. The fraction of sp³-hybridized carbons (Fsp3) is 0.267. The van der Waals surface area contributed by atoms with E-state index in [1.54, 1.807) is 0 Å². The van der Waals surface area contributed by atoms with Gasteiger partial charge >= 0.3 is 0 Å².